The quantitative estimate of drug-likeness (QED) is 0.390. The third kappa shape index (κ3) is 4.44. The maximum Gasteiger partial charge on any atom is 0.233 e. The minimum absolute atomic E-state index is 0.000174. The summed E-state index contributed by atoms with van der Waals surface area (Å²) < 4.78 is 7.47. The molecular weight excluding hydrogens is 432 g/mol. The molecular formula is C26H34N4O2S. The second-order valence-corrected chi connectivity index (χ2v) is 11.1. The Bertz CT molecular complexity index is 998. The van der Waals surface area contributed by atoms with Gasteiger partial charge in [-0.3, -0.25) is 4.79 Å². The van der Waals surface area contributed by atoms with E-state index in [1.54, 1.807) is 7.11 Å². The van der Waals surface area contributed by atoms with Gasteiger partial charge in [-0.2, -0.15) is 0 Å². The highest BCUT2D eigenvalue weighted by atomic mass is 32.2. The van der Waals surface area contributed by atoms with Crippen molar-refractivity contribution >= 4 is 17.7 Å². The number of ether oxygens (including phenoxy) is 1. The average molecular weight is 467 g/mol. The van der Waals surface area contributed by atoms with Gasteiger partial charge in [0, 0.05) is 18.6 Å². The molecule has 4 aliphatic rings. The van der Waals surface area contributed by atoms with Crippen molar-refractivity contribution in [2.24, 2.45) is 17.8 Å². The first-order valence-corrected chi connectivity index (χ1v) is 13.0. The number of nitrogens with zero attached hydrogens (tertiary/aromatic N) is 4. The Morgan fingerprint density at radius 2 is 1.94 bits per heavy atom. The van der Waals surface area contributed by atoms with Gasteiger partial charge in [-0.15, -0.1) is 16.8 Å². The van der Waals surface area contributed by atoms with Crippen molar-refractivity contribution in [3.05, 3.63) is 48.3 Å². The van der Waals surface area contributed by atoms with Crippen molar-refractivity contribution in [3.8, 4) is 5.75 Å². The monoisotopic (exact) mass is 466 g/mol. The van der Waals surface area contributed by atoms with Crippen molar-refractivity contribution in [2.75, 3.05) is 12.9 Å². The van der Waals surface area contributed by atoms with E-state index in [-0.39, 0.29) is 11.4 Å². The molecule has 1 amide bonds. The van der Waals surface area contributed by atoms with Crippen LogP contribution in [0.2, 0.25) is 0 Å². The fourth-order valence-electron chi connectivity index (χ4n) is 6.88. The minimum atomic E-state index is 0.000174. The Balaban J connectivity index is 1.40. The number of rotatable bonds is 9. The molecule has 2 aromatic rings. The highest BCUT2D eigenvalue weighted by molar-refractivity contribution is 7.99. The van der Waals surface area contributed by atoms with E-state index in [9.17, 15) is 4.79 Å². The van der Waals surface area contributed by atoms with E-state index in [4.69, 9.17) is 4.74 Å². The normalized spacial score (nSPS) is 27.5. The van der Waals surface area contributed by atoms with Crippen LogP contribution in [0.1, 0.15) is 49.9 Å². The first-order valence-electron chi connectivity index (χ1n) is 12.1. The number of hydrogen-bond acceptors (Lipinski definition) is 5. The van der Waals surface area contributed by atoms with Gasteiger partial charge in [0.1, 0.15) is 11.6 Å². The number of hydrogen-bond donors (Lipinski definition) is 0. The van der Waals surface area contributed by atoms with E-state index in [0.29, 0.717) is 18.8 Å². The van der Waals surface area contributed by atoms with E-state index < -0.39 is 0 Å². The molecule has 0 N–H and O–H groups in total. The first kappa shape index (κ1) is 22.5. The molecule has 0 radical (unpaired) electrons. The van der Waals surface area contributed by atoms with E-state index >= 15 is 0 Å². The second kappa shape index (κ2) is 9.16. The van der Waals surface area contributed by atoms with Crippen LogP contribution in [0, 0.1) is 24.7 Å². The lowest BCUT2D eigenvalue weighted by atomic mass is 9.52. The Kier molecular flexibility index (Phi) is 6.25. The van der Waals surface area contributed by atoms with Gasteiger partial charge >= 0.3 is 0 Å². The molecule has 7 heteroatoms. The van der Waals surface area contributed by atoms with Crippen LogP contribution < -0.4 is 4.74 Å². The van der Waals surface area contributed by atoms with Gasteiger partial charge < -0.3 is 14.2 Å². The summed E-state index contributed by atoms with van der Waals surface area (Å²) in [5.41, 5.74) is 1.13. The van der Waals surface area contributed by atoms with Crippen LogP contribution in [0.15, 0.2) is 42.1 Å². The van der Waals surface area contributed by atoms with Crippen LogP contribution in [-0.2, 0) is 17.9 Å². The van der Waals surface area contributed by atoms with Crippen LogP contribution in [0.25, 0.3) is 0 Å². The van der Waals surface area contributed by atoms with Gasteiger partial charge in [0.15, 0.2) is 5.16 Å². The number of aryl methyl sites for hydroxylation is 1. The summed E-state index contributed by atoms with van der Waals surface area (Å²) in [5.74, 6) is 4.61. The molecule has 6 nitrogen and oxygen atoms in total. The van der Waals surface area contributed by atoms with Crippen LogP contribution in [0.3, 0.4) is 0 Å². The van der Waals surface area contributed by atoms with Crippen molar-refractivity contribution in [1.29, 1.82) is 0 Å². The summed E-state index contributed by atoms with van der Waals surface area (Å²) in [6, 6.07) is 8.16. The van der Waals surface area contributed by atoms with E-state index in [1.807, 2.05) is 29.7 Å². The Morgan fingerprint density at radius 3 is 2.58 bits per heavy atom. The van der Waals surface area contributed by atoms with Gasteiger partial charge in [0.2, 0.25) is 5.91 Å². The molecule has 0 spiro atoms. The fraction of sp³-hybridized carbons (Fsp3) is 0.577. The number of benzene rings is 1. The number of allylic oxidation sites excluding steroid dienone is 1. The van der Waals surface area contributed by atoms with E-state index in [2.05, 4.69) is 33.8 Å². The summed E-state index contributed by atoms with van der Waals surface area (Å²) in [7, 11) is 1.69. The van der Waals surface area contributed by atoms with Crippen LogP contribution >= 0.6 is 11.8 Å². The fourth-order valence-corrected chi connectivity index (χ4v) is 7.75. The molecule has 4 aliphatic carbocycles. The number of carbonyl (C=O) groups is 1. The van der Waals surface area contributed by atoms with Gasteiger partial charge in [-0.05, 0) is 80.9 Å². The molecule has 4 bridgehead atoms. The Labute approximate surface area is 200 Å². The topological polar surface area (TPSA) is 60.2 Å². The Hall–Kier alpha value is -2.28. The smallest absolute Gasteiger partial charge is 0.233 e. The standard InChI is InChI=1S/C26H34N4O2S/c1-4-8-29-18(2)27-28-25(29)33-17-24(31)30(16-19-6-5-7-23(12-19)32-3)26-13-20-9-21(14-26)11-22(10-20)15-26/h4-7,12,20-22H,1,8-11,13-17H2,2-3H3. The summed E-state index contributed by atoms with van der Waals surface area (Å²) in [5, 5.41) is 9.30. The van der Waals surface area contributed by atoms with Crippen LogP contribution in [0.4, 0.5) is 0 Å². The minimum Gasteiger partial charge on any atom is -0.497 e. The molecule has 1 aromatic heterocycles. The third-order valence-corrected chi connectivity index (χ3v) is 8.84. The molecule has 4 saturated carbocycles. The SMILES string of the molecule is C=CCn1c(C)nnc1SCC(=O)N(Cc1cccc(OC)c1)C12CC3CC(CC(C3)C1)C2. The summed E-state index contributed by atoms with van der Waals surface area (Å²) >= 11 is 1.49. The number of methoxy groups -OCH3 is 1. The lowest BCUT2D eigenvalue weighted by Gasteiger charge is -2.60. The molecule has 1 heterocycles. The highest BCUT2D eigenvalue weighted by Gasteiger charge is 2.54. The Morgan fingerprint density at radius 1 is 1.24 bits per heavy atom. The maximum absolute atomic E-state index is 13.9. The summed E-state index contributed by atoms with van der Waals surface area (Å²) in [4.78, 5) is 16.1. The van der Waals surface area contributed by atoms with E-state index in [1.165, 1.54) is 31.0 Å². The first-order chi connectivity index (χ1) is 16.0. The molecule has 1 aromatic carbocycles. The zero-order valence-corrected chi connectivity index (χ0v) is 20.5. The molecule has 6 rings (SSSR count). The maximum atomic E-state index is 13.9. The van der Waals surface area contributed by atoms with Crippen molar-refractivity contribution in [2.45, 2.75) is 69.2 Å². The van der Waals surface area contributed by atoms with Crippen LogP contribution in [-0.4, -0.2) is 44.0 Å². The van der Waals surface area contributed by atoms with Gasteiger partial charge in [-0.1, -0.05) is 30.0 Å². The number of amides is 1. The molecule has 0 saturated heterocycles. The largest absolute Gasteiger partial charge is 0.497 e. The van der Waals surface area contributed by atoms with Gasteiger partial charge in [0.05, 0.1) is 12.9 Å². The predicted molar refractivity (Wildman–Crippen MR) is 130 cm³/mol. The summed E-state index contributed by atoms with van der Waals surface area (Å²) in [6.45, 7) is 7.07. The highest BCUT2D eigenvalue weighted by Crippen LogP contribution is 2.58. The number of thioether (sulfide) groups is 1. The molecule has 176 valence electrons. The molecule has 4 fully saturated rings. The molecule has 0 unspecified atom stereocenters. The average Bonchev–Trinajstić information content (AvgIpc) is 3.14. The zero-order chi connectivity index (χ0) is 23.0. The van der Waals surface area contributed by atoms with Gasteiger partial charge in [-0.25, -0.2) is 0 Å². The third-order valence-electron chi connectivity index (χ3n) is 7.89. The van der Waals surface area contributed by atoms with E-state index in [0.717, 1.165) is 59.3 Å². The van der Waals surface area contributed by atoms with Crippen molar-refractivity contribution in [3.63, 3.8) is 0 Å². The van der Waals surface area contributed by atoms with Crippen LogP contribution in [0.5, 0.6) is 5.75 Å². The molecule has 0 atom stereocenters. The lowest BCUT2D eigenvalue weighted by Crippen LogP contribution is -2.61. The number of aromatic nitrogens is 3. The lowest BCUT2D eigenvalue weighted by molar-refractivity contribution is -0.149. The zero-order valence-electron chi connectivity index (χ0n) is 19.7. The second-order valence-electron chi connectivity index (χ2n) is 10.2. The molecule has 33 heavy (non-hydrogen) atoms. The van der Waals surface area contributed by atoms with Crippen molar-refractivity contribution < 1.29 is 9.53 Å². The van der Waals surface area contributed by atoms with Crippen molar-refractivity contribution in [1.82, 2.24) is 19.7 Å². The van der Waals surface area contributed by atoms with Gasteiger partial charge in [0.25, 0.3) is 0 Å². The summed E-state index contributed by atoms with van der Waals surface area (Å²) in [6.07, 6.45) is 9.39. The molecule has 0 aliphatic heterocycles. The predicted octanol–water partition coefficient (Wildman–Crippen LogP) is 4.87. The number of carbonyl (C=O) groups excluding carboxylic acids is 1.